The van der Waals surface area contributed by atoms with Crippen molar-refractivity contribution in [2.75, 3.05) is 18.4 Å². The zero-order valence-corrected chi connectivity index (χ0v) is 15.2. The number of nitrogens with one attached hydrogen (secondary N) is 1. The van der Waals surface area contributed by atoms with Gasteiger partial charge in [-0.1, -0.05) is 25.3 Å². The number of pyridine rings is 1. The van der Waals surface area contributed by atoms with E-state index in [0.29, 0.717) is 24.7 Å². The van der Waals surface area contributed by atoms with Gasteiger partial charge in [-0.15, -0.1) is 0 Å². The summed E-state index contributed by atoms with van der Waals surface area (Å²) in [7, 11) is 0. The van der Waals surface area contributed by atoms with Crippen LogP contribution in [-0.4, -0.2) is 34.8 Å². The zero-order chi connectivity index (χ0) is 17.6. The van der Waals surface area contributed by atoms with Crippen LogP contribution < -0.4 is 5.32 Å². The van der Waals surface area contributed by atoms with E-state index in [4.69, 9.17) is 0 Å². The number of aromatic nitrogens is 1. The molecule has 2 fully saturated rings. The van der Waals surface area contributed by atoms with Gasteiger partial charge in [0.1, 0.15) is 5.82 Å². The van der Waals surface area contributed by atoms with Crippen molar-refractivity contribution in [3.63, 3.8) is 0 Å². The molecule has 5 heteroatoms. The lowest BCUT2D eigenvalue weighted by Gasteiger charge is -2.33. The number of hydrogen-bond donors (Lipinski definition) is 1. The van der Waals surface area contributed by atoms with Gasteiger partial charge in [0.15, 0.2) is 0 Å². The van der Waals surface area contributed by atoms with Gasteiger partial charge < -0.3 is 10.2 Å². The number of carbonyl (C=O) groups is 2. The highest BCUT2D eigenvalue weighted by Crippen LogP contribution is 2.28. The van der Waals surface area contributed by atoms with Crippen LogP contribution >= 0.6 is 0 Å². The third-order valence-electron chi connectivity index (χ3n) is 5.47. The second-order valence-corrected chi connectivity index (χ2v) is 7.54. The van der Waals surface area contributed by atoms with Crippen molar-refractivity contribution in [3.8, 4) is 0 Å². The molecule has 2 amide bonds. The molecule has 3 rings (SSSR count). The van der Waals surface area contributed by atoms with Gasteiger partial charge in [0.2, 0.25) is 11.8 Å². The lowest BCUT2D eigenvalue weighted by molar-refractivity contribution is -0.135. The molecule has 1 aromatic rings. The van der Waals surface area contributed by atoms with Gasteiger partial charge in [0.05, 0.1) is 5.92 Å². The van der Waals surface area contributed by atoms with Gasteiger partial charge in [0.25, 0.3) is 0 Å². The fourth-order valence-corrected chi connectivity index (χ4v) is 4.03. The van der Waals surface area contributed by atoms with Crippen LogP contribution in [0.3, 0.4) is 0 Å². The van der Waals surface area contributed by atoms with E-state index < -0.39 is 0 Å². The number of piperidine rings is 1. The Morgan fingerprint density at radius 3 is 2.72 bits per heavy atom. The Bertz CT molecular complexity index is 611. The van der Waals surface area contributed by atoms with Crippen molar-refractivity contribution in [2.45, 2.75) is 58.3 Å². The molecule has 1 saturated heterocycles. The molecule has 1 aliphatic heterocycles. The number of likely N-dealkylation sites (tertiary alicyclic amines) is 1. The number of anilines is 1. The van der Waals surface area contributed by atoms with Crippen LogP contribution in [0.1, 0.15) is 57.1 Å². The monoisotopic (exact) mass is 343 g/mol. The molecule has 0 radical (unpaired) electrons. The molecule has 1 aromatic heterocycles. The maximum atomic E-state index is 12.6. The van der Waals surface area contributed by atoms with Crippen LogP contribution in [0.15, 0.2) is 18.2 Å². The minimum absolute atomic E-state index is 0.0201. The SMILES string of the molecule is Cc1cccc(NC(=O)[C@H]2CCCN(C(=O)CC3CCCCC3)C2)n1. The normalized spacial score (nSPS) is 21.8. The Hall–Kier alpha value is -1.91. The summed E-state index contributed by atoms with van der Waals surface area (Å²) in [5.74, 6) is 1.22. The molecule has 5 nitrogen and oxygen atoms in total. The molecule has 2 heterocycles. The topological polar surface area (TPSA) is 62.3 Å². The quantitative estimate of drug-likeness (QED) is 0.909. The summed E-state index contributed by atoms with van der Waals surface area (Å²) in [4.78, 5) is 31.4. The number of nitrogens with zero attached hydrogens (tertiary/aromatic N) is 2. The van der Waals surface area contributed by atoms with Crippen molar-refractivity contribution in [1.29, 1.82) is 0 Å². The van der Waals surface area contributed by atoms with Crippen molar-refractivity contribution >= 4 is 17.6 Å². The Morgan fingerprint density at radius 2 is 1.96 bits per heavy atom. The molecular formula is C20H29N3O2. The van der Waals surface area contributed by atoms with Gasteiger partial charge >= 0.3 is 0 Å². The van der Waals surface area contributed by atoms with E-state index in [1.807, 2.05) is 24.0 Å². The average molecular weight is 343 g/mol. The average Bonchev–Trinajstić information content (AvgIpc) is 2.62. The molecule has 1 N–H and O–H groups in total. The van der Waals surface area contributed by atoms with Gasteiger partial charge in [-0.2, -0.15) is 0 Å². The number of rotatable bonds is 4. The maximum absolute atomic E-state index is 12.6. The van der Waals surface area contributed by atoms with Crippen LogP contribution in [0, 0.1) is 18.8 Å². The van der Waals surface area contributed by atoms with E-state index in [0.717, 1.165) is 25.1 Å². The number of hydrogen-bond acceptors (Lipinski definition) is 3. The highest BCUT2D eigenvalue weighted by atomic mass is 16.2. The van der Waals surface area contributed by atoms with Gasteiger partial charge in [-0.25, -0.2) is 4.98 Å². The second-order valence-electron chi connectivity index (χ2n) is 7.54. The third-order valence-corrected chi connectivity index (χ3v) is 5.47. The molecule has 1 atom stereocenters. The molecule has 0 aromatic carbocycles. The first-order chi connectivity index (χ1) is 12.1. The fourth-order valence-electron chi connectivity index (χ4n) is 4.03. The van der Waals surface area contributed by atoms with Crippen molar-refractivity contribution < 1.29 is 9.59 Å². The Morgan fingerprint density at radius 1 is 1.16 bits per heavy atom. The number of carbonyl (C=O) groups excluding carboxylic acids is 2. The fraction of sp³-hybridized carbons (Fsp3) is 0.650. The third kappa shape index (κ3) is 5.03. The van der Waals surface area contributed by atoms with Gasteiger partial charge in [-0.3, -0.25) is 9.59 Å². The van der Waals surface area contributed by atoms with Crippen LogP contribution in [0.25, 0.3) is 0 Å². The Balaban J connectivity index is 1.53. The summed E-state index contributed by atoms with van der Waals surface area (Å²) < 4.78 is 0. The van der Waals surface area contributed by atoms with Crippen LogP contribution in [0.5, 0.6) is 0 Å². The predicted molar refractivity (Wildman–Crippen MR) is 98.1 cm³/mol. The van der Waals surface area contributed by atoms with E-state index in [-0.39, 0.29) is 17.7 Å². The van der Waals surface area contributed by atoms with Gasteiger partial charge in [0, 0.05) is 25.2 Å². The summed E-state index contributed by atoms with van der Waals surface area (Å²) in [6, 6.07) is 5.60. The zero-order valence-electron chi connectivity index (χ0n) is 15.2. The van der Waals surface area contributed by atoms with E-state index >= 15 is 0 Å². The number of amides is 2. The smallest absolute Gasteiger partial charge is 0.230 e. The highest BCUT2D eigenvalue weighted by Gasteiger charge is 2.29. The molecular weight excluding hydrogens is 314 g/mol. The molecule has 1 saturated carbocycles. The summed E-state index contributed by atoms with van der Waals surface area (Å²) >= 11 is 0. The van der Waals surface area contributed by atoms with Crippen molar-refractivity contribution in [3.05, 3.63) is 23.9 Å². The van der Waals surface area contributed by atoms with Crippen LogP contribution in [0.4, 0.5) is 5.82 Å². The molecule has 0 bridgehead atoms. The summed E-state index contributed by atoms with van der Waals surface area (Å²) in [6.45, 7) is 3.24. The van der Waals surface area contributed by atoms with Crippen molar-refractivity contribution in [1.82, 2.24) is 9.88 Å². The molecule has 0 unspecified atom stereocenters. The van der Waals surface area contributed by atoms with E-state index in [9.17, 15) is 9.59 Å². The van der Waals surface area contributed by atoms with E-state index in [1.54, 1.807) is 6.07 Å². The van der Waals surface area contributed by atoms with E-state index in [2.05, 4.69) is 10.3 Å². The Labute approximate surface area is 150 Å². The van der Waals surface area contributed by atoms with Crippen LogP contribution in [0.2, 0.25) is 0 Å². The highest BCUT2D eigenvalue weighted by molar-refractivity contribution is 5.92. The van der Waals surface area contributed by atoms with Crippen molar-refractivity contribution in [2.24, 2.45) is 11.8 Å². The minimum Gasteiger partial charge on any atom is -0.342 e. The predicted octanol–water partition coefficient (Wildman–Crippen LogP) is 3.54. The molecule has 136 valence electrons. The minimum atomic E-state index is -0.133. The standard InChI is InChI=1S/C20H29N3O2/c1-15-7-5-11-18(21-15)22-20(25)17-10-6-12-23(14-17)19(24)13-16-8-3-2-4-9-16/h5,7,11,16-17H,2-4,6,8-10,12-14H2,1H3,(H,21,22,25)/t17-/m0/s1. The first-order valence-electron chi connectivity index (χ1n) is 9.64. The molecule has 0 spiro atoms. The van der Waals surface area contributed by atoms with Gasteiger partial charge in [-0.05, 0) is 50.7 Å². The summed E-state index contributed by atoms with van der Waals surface area (Å²) in [5, 5.41) is 2.91. The first kappa shape index (κ1) is 17.9. The molecule has 1 aliphatic carbocycles. The number of aryl methyl sites for hydroxylation is 1. The summed E-state index contributed by atoms with van der Waals surface area (Å²) in [6.07, 6.45) is 8.59. The Kier molecular flexibility index (Phi) is 6.05. The first-order valence-corrected chi connectivity index (χ1v) is 9.64. The van der Waals surface area contributed by atoms with E-state index in [1.165, 1.54) is 32.1 Å². The lowest BCUT2D eigenvalue weighted by Crippen LogP contribution is -2.44. The largest absolute Gasteiger partial charge is 0.342 e. The van der Waals surface area contributed by atoms with Crippen LogP contribution in [-0.2, 0) is 9.59 Å². The maximum Gasteiger partial charge on any atom is 0.230 e. The second kappa shape index (κ2) is 8.45. The lowest BCUT2D eigenvalue weighted by atomic mass is 9.86. The molecule has 25 heavy (non-hydrogen) atoms. The summed E-state index contributed by atoms with van der Waals surface area (Å²) in [5.41, 5.74) is 0.880. The molecule has 2 aliphatic rings.